The van der Waals surface area contributed by atoms with E-state index in [1.807, 2.05) is 12.1 Å². The van der Waals surface area contributed by atoms with E-state index in [1.165, 1.54) is 49.4 Å². The lowest BCUT2D eigenvalue weighted by molar-refractivity contribution is 0.613. The summed E-state index contributed by atoms with van der Waals surface area (Å²) in [5, 5.41) is 8.23. The Morgan fingerprint density at radius 1 is 0.333 bits per heavy atom. The van der Waals surface area contributed by atoms with Gasteiger partial charge >= 0.3 is 0 Å². The van der Waals surface area contributed by atoms with Gasteiger partial charge in [-0.05, 0) is 79.2 Å². The number of fused-ring (bicyclic) bond motifs is 6. The summed E-state index contributed by atoms with van der Waals surface area (Å²) < 4.78 is 12.0. The van der Waals surface area contributed by atoms with Gasteiger partial charge in [0.1, 0.15) is 16.7 Å². The van der Waals surface area contributed by atoms with Crippen LogP contribution in [0, 0.1) is 0 Å². The molecule has 0 unspecified atom stereocenters. The first-order valence-electron chi connectivity index (χ1n) is 14.2. The second kappa shape index (κ2) is 8.95. The van der Waals surface area contributed by atoms with E-state index in [9.17, 15) is 0 Å². The summed E-state index contributed by atoms with van der Waals surface area (Å²) in [4.78, 5) is 0. The largest absolute Gasteiger partial charge is 0.464 e. The SMILES string of the molecule is c1ccc(-c2ccc(-c3c4ccccc4c(-c4ccc5c(c4)oc4cc6occc6cc45)c4ccccc34)cc2)cc1. The topological polar surface area (TPSA) is 26.3 Å². The van der Waals surface area contributed by atoms with E-state index in [4.69, 9.17) is 8.83 Å². The van der Waals surface area contributed by atoms with Crippen LogP contribution in [0.3, 0.4) is 0 Å². The fraction of sp³-hybridized carbons (Fsp3) is 0. The summed E-state index contributed by atoms with van der Waals surface area (Å²) in [7, 11) is 0. The first-order valence-corrected chi connectivity index (χ1v) is 14.2. The number of hydrogen-bond acceptors (Lipinski definition) is 2. The summed E-state index contributed by atoms with van der Waals surface area (Å²) in [6.07, 6.45) is 1.72. The van der Waals surface area contributed by atoms with Crippen LogP contribution in [0.15, 0.2) is 155 Å². The molecule has 42 heavy (non-hydrogen) atoms. The van der Waals surface area contributed by atoms with Gasteiger partial charge in [-0.15, -0.1) is 0 Å². The molecule has 0 saturated carbocycles. The highest BCUT2D eigenvalue weighted by molar-refractivity contribution is 6.22. The molecule has 9 aromatic rings. The van der Waals surface area contributed by atoms with Crippen LogP contribution in [-0.4, -0.2) is 0 Å². The second-order valence-electron chi connectivity index (χ2n) is 10.9. The van der Waals surface area contributed by atoms with Gasteiger partial charge in [0.15, 0.2) is 0 Å². The van der Waals surface area contributed by atoms with E-state index in [2.05, 4.69) is 127 Å². The molecule has 7 aromatic carbocycles. The highest BCUT2D eigenvalue weighted by Gasteiger charge is 2.18. The van der Waals surface area contributed by atoms with Gasteiger partial charge in [0.2, 0.25) is 0 Å². The van der Waals surface area contributed by atoms with Gasteiger partial charge in [-0.3, -0.25) is 0 Å². The van der Waals surface area contributed by atoms with Crippen molar-refractivity contribution >= 4 is 54.5 Å². The Balaban J connectivity index is 1.28. The third kappa shape index (κ3) is 3.45. The predicted octanol–water partition coefficient (Wildman–Crippen LogP) is 11.6. The van der Waals surface area contributed by atoms with Crippen LogP contribution < -0.4 is 0 Å². The average molecular weight is 537 g/mol. The zero-order valence-electron chi connectivity index (χ0n) is 22.7. The maximum Gasteiger partial charge on any atom is 0.139 e. The van der Waals surface area contributed by atoms with E-state index >= 15 is 0 Å². The Morgan fingerprint density at radius 3 is 1.57 bits per heavy atom. The van der Waals surface area contributed by atoms with Crippen molar-refractivity contribution < 1.29 is 8.83 Å². The molecule has 0 radical (unpaired) electrons. The third-order valence-corrected chi connectivity index (χ3v) is 8.55. The second-order valence-corrected chi connectivity index (χ2v) is 10.9. The standard InChI is InChI=1S/C40H24O2/c1-2-8-25(9-3-1)26-14-16-27(17-15-26)39-31-10-4-6-12-33(31)40(34-13-7-5-11-32(34)39)29-18-19-30-35-22-28-20-21-41-36(28)24-38(35)42-37(30)23-29/h1-24H. The molecule has 0 aliphatic heterocycles. The van der Waals surface area contributed by atoms with Crippen molar-refractivity contribution in [1.82, 2.24) is 0 Å². The molecule has 9 rings (SSSR count). The summed E-state index contributed by atoms with van der Waals surface area (Å²) >= 11 is 0. The highest BCUT2D eigenvalue weighted by Crippen LogP contribution is 2.45. The minimum absolute atomic E-state index is 0.839. The highest BCUT2D eigenvalue weighted by atomic mass is 16.3. The fourth-order valence-corrected chi connectivity index (χ4v) is 6.60. The molecule has 2 nitrogen and oxygen atoms in total. The summed E-state index contributed by atoms with van der Waals surface area (Å²) in [5.41, 5.74) is 9.84. The minimum atomic E-state index is 0.839. The van der Waals surface area contributed by atoms with Crippen LogP contribution in [0.25, 0.3) is 87.8 Å². The van der Waals surface area contributed by atoms with E-state index in [-0.39, 0.29) is 0 Å². The fourth-order valence-electron chi connectivity index (χ4n) is 6.60. The summed E-state index contributed by atoms with van der Waals surface area (Å²) in [6.45, 7) is 0. The Morgan fingerprint density at radius 2 is 0.881 bits per heavy atom. The van der Waals surface area contributed by atoms with Crippen LogP contribution in [0.4, 0.5) is 0 Å². The molecule has 2 aromatic heterocycles. The molecule has 0 amide bonds. The Bertz CT molecular complexity index is 2380. The molecule has 0 fully saturated rings. The lowest BCUT2D eigenvalue weighted by Gasteiger charge is -2.18. The average Bonchev–Trinajstić information content (AvgIpc) is 3.66. The molecule has 0 aliphatic rings. The zero-order chi connectivity index (χ0) is 27.6. The molecule has 0 atom stereocenters. The third-order valence-electron chi connectivity index (χ3n) is 8.55. The van der Waals surface area contributed by atoms with Crippen LogP contribution in [0.5, 0.6) is 0 Å². The van der Waals surface area contributed by atoms with Crippen molar-refractivity contribution in [1.29, 1.82) is 0 Å². The molecular formula is C40H24O2. The Hall–Kier alpha value is -5.60. The van der Waals surface area contributed by atoms with Gasteiger partial charge in [-0.25, -0.2) is 0 Å². The van der Waals surface area contributed by atoms with Gasteiger partial charge in [0, 0.05) is 22.2 Å². The normalized spacial score (nSPS) is 11.8. The molecule has 2 heterocycles. The van der Waals surface area contributed by atoms with Crippen molar-refractivity contribution in [3.63, 3.8) is 0 Å². The van der Waals surface area contributed by atoms with Crippen molar-refractivity contribution in [2.45, 2.75) is 0 Å². The smallest absolute Gasteiger partial charge is 0.139 e. The van der Waals surface area contributed by atoms with Crippen LogP contribution >= 0.6 is 0 Å². The predicted molar refractivity (Wildman–Crippen MR) is 175 cm³/mol. The Kier molecular flexibility index (Phi) is 4.93. The minimum Gasteiger partial charge on any atom is -0.464 e. The maximum absolute atomic E-state index is 6.40. The van der Waals surface area contributed by atoms with Gasteiger partial charge in [0.25, 0.3) is 0 Å². The molecule has 0 spiro atoms. The zero-order valence-corrected chi connectivity index (χ0v) is 22.7. The summed E-state index contributed by atoms with van der Waals surface area (Å²) in [5.74, 6) is 0. The molecule has 2 heteroatoms. The quantitative estimate of drug-likeness (QED) is 0.210. The molecule has 0 aliphatic carbocycles. The molecular weight excluding hydrogens is 512 g/mol. The molecule has 196 valence electrons. The Labute approximate surface area is 242 Å². The first kappa shape index (κ1) is 23.1. The van der Waals surface area contributed by atoms with E-state index in [1.54, 1.807) is 6.26 Å². The van der Waals surface area contributed by atoms with Gasteiger partial charge in [-0.2, -0.15) is 0 Å². The van der Waals surface area contributed by atoms with Crippen molar-refractivity contribution in [2.75, 3.05) is 0 Å². The maximum atomic E-state index is 6.40. The van der Waals surface area contributed by atoms with Crippen LogP contribution in [0.2, 0.25) is 0 Å². The molecule has 0 bridgehead atoms. The van der Waals surface area contributed by atoms with Gasteiger partial charge in [0.05, 0.1) is 6.26 Å². The number of rotatable bonds is 3. The number of benzene rings is 7. The van der Waals surface area contributed by atoms with Crippen molar-refractivity contribution in [3.8, 4) is 33.4 Å². The van der Waals surface area contributed by atoms with Crippen LogP contribution in [0.1, 0.15) is 0 Å². The number of hydrogen-bond donors (Lipinski definition) is 0. The van der Waals surface area contributed by atoms with Gasteiger partial charge < -0.3 is 8.83 Å². The molecule has 0 N–H and O–H groups in total. The number of furan rings is 2. The van der Waals surface area contributed by atoms with E-state index < -0.39 is 0 Å². The monoisotopic (exact) mass is 536 g/mol. The van der Waals surface area contributed by atoms with E-state index in [0.29, 0.717) is 0 Å². The van der Waals surface area contributed by atoms with Crippen molar-refractivity contribution in [3.05, 3.63) is 146 Å². The van der Waals surface area contributed by atoms with Gasteiger partial charge in [-0.1, -0.05) is 109 Å². The molecule has 0 saturated heterocycles. The first-order chi connectivity index (χ1) is 20.8. The van der Waals surface area contributed by atoms with Crippen LogP contribution in [-0.2, 0) is 0 Å². The van der Waals surface area contributed by atoms with Crippen molar-refractivity contribution in [2.24, 2.45) is 0 Å². The lowest BCUT2D eigenvalue weighted by Crippen LogP contribution is -1.91. The summed E-state index contributed by atoms with van der Waals surface area (Å²) in [6, 6.07) is 49.8. The lowest BCUT2D eigenvalue weighted by atomic mass is 9.85. The van der Waals surface area contributed by atoms with E-state index in [0.717, 1.165) is 38.5 Å².